The maximum atomic E-state index is 12.8. The van der Waals surface area contributed by atoms with Gasteiger partial charge in [0, 0.05) is 12.3 Å². The lowest BCUT2D eigenvalue weighted by atomic mass is 10.3. The van der Waals surface area contributed by atoms with Crippen molar-refractivity contribution in [1.29, 1.82) is 0 Å². The van der Waals surface area contributed by atoms with Crippen molar-refractivity contribution in [3.05, 3.63) is 55.1 Å². The first-order chi connectivity index (χ1) is 12.4. The Morgan fingerprint density at radius 1 is 1.35 bits per heavy atom. The van der Waals surface area contributed by atoms with Crippen LogP contribution in [0.2, 0.25) is 5.02 Å². The third kappa shape index (κ3) is 3.83. The number of amides is 1. The van der Waals surface area contributed by atoms with Crippen molar-refractivity contribution in [3.63, 3.8) is 0 Å². The predicted molar refractivity (Wildman–Crippen MR) is 105 cm³/mol. The topological polar surface area (TPSA) is 86.1 Å². The van der Waals surface area contributed by atoms with Crippen molar-refractivity contribution < 1.29 is 14.3 Å². The van der Waals surface area contributed by atoms with E-state index in [2.05, 4.69) is 47.3 Å². The summed E-state index contributed by atoms with van der Waals surface area (Å²) in [5, 5.41) is 7.60. The molecule has 0 radical (unpaired) electrons. The molecule has 3 heterocycles. The largest absolute Gasteiger partial charge is 0.465 e. The number of methoxy groups -OCH3 is 1. The molecule has 0 spiro atoms. The number of carbonyl (C=O) groups excluding carboxylic acids is 2. The third-order valence-electron chi connectivity index (χ3n) is 3.19. The quantitative estimate of drug-likeness (QED) is 0.511. The van der Waals surface area contributed by atoms with Crippen LogP contribution in [0.4, 0.5) is 5.00 Å². The predicted octanol–water partition coefficient (Wildman–Crippen LogP) is 4.55. The van der Waals surface area contributed by atoms with Crippen LogP contribution in [0.1, 0.15) is 20.8 Å². The summed E-state index contributed by atoms with van der Waals surface area (Å²) < 4.78 is 7.17. The van der Waals surface area contributed by atoms with Gasteiger partial charge in [-0.05, 0) is 50.1 Å². The van der Waals surface area contributed by atoms with Gasteiger partial charge in [-0.2, -0.15) is 5.10 Å². The van der Waals surface area contributed by atoms with Gasteiger partial charge in [-0.15, -0.1) is 11.3 Å². The molecular weight excluding hydrogens is 512 g/mol. The lowest BCUT2D eigenvalue weighted by molar-refractivity contribution is 0.0602. The lowest BCUT2D eigenvalue weighted by Crippen LogP contribution is -2.18. The summed E-state index contributed by atoms with van der Waals surface area (Å²) in [6.45, 7) is 0. The highest BCUT2D eigenvalue weighted by Crippen LogP contribution is 2.33. The van der Waals surface area contributed by atoms with E-state index in [1.807, 2.05) is 0 Å². The van der Waals surface area contributed by atoms with Crippen LogP contribution in [0.3, 0.4) is 0 Å². The molecule has 1 N–H and O–H groups in total. The minimum absolute atomic E-state index is 0.192. The molecule has 0 aromatic carbocycles. The van der Waals surface area contributed by atoms with Crippen LogP contribution in [0.15, 0.2) is 38.9 Å². The summed E-state index contributed by atoms with van der Waals surface area (Å²) in [6, 6.07) is 6.43. The second-order valence-corrected chi connectivity index (χ2v) is 8.46. The molecule has 0 fully saturated rings. The summed E-state index contributed by atoms with van der Waals surface area (Å²) in [6.07, 6.45) is 1.55. The van der Waals surface area contributed by atoms with Crippen LogP contribution >= 0.6 is 54.8 Å². The zero-order valence-corrected chi connectivity index (χ0v) is 17.7. The number of pyridine rings is 1. The Hall–Kier alpha value is -1.75. The first-order valence-electron chi connectivity index (χ1n) is 6.96. The molecule has 3 aromatic rings. The van der Waals surface area contributed by atoms with Gasteiger partial charge in [0.05, 0.1) is 21.5 Å². The molecule has 0 atom stereocenters. The van der Waals surface area contributed by atoms with E-state index in [0.717, 1.165) is 0 Å². The van der Waals surface area contributed by atoms with Gasteiger partial charge < -0.3 is 10.1 Å². The Morgan fingerprint density at radius 2 is 2.12 bits per heavy atom. The number of nitrogens with one attached hydrogen (secondary N) is 1. The number of hydrogen-bond donors (Lipinski definition) is 1. The molecule has 0 saturated heterocycles. The number of hydrogen-bond acceptors (Lipinski definition) is 6. The van der Waals surface area contributed by atoms with Crippen LogP contribution in [0, 0.1) is 0 Å². The van der Waals surface area contributed by atoms with Crippen LogP contribution in [0.25, 0.3) is 5.82 Å². The Morgan fingerprint density at radius 3 is 2.81 bits per heavy atom. The van der Waals surface area contributed by atoms with E-state index >= 15 is 0 Å². The smallest absolute Gasteiger partial charge is 0.340 e. The van der Waals surface area contributed by atoms with Gasteiger partial charge in [0.25, 0.3) is 5.91 Å². The number of nitrogens with zero attached hydrogens (tertiary/aromatic N) is 3. The van der Waals surface area contributed by atoms with Crippen molar-refractivity contribution >= 4 is 71.7 Å². The number of halogens is 3. The van der Waals surface area contributed by atoms with Crippen LogP contribution in [-0.2, 0) is 4.74 Å². The van der Waals surface area contributed by atoms with Crippen molar-refractivity contribution in [2.24, 2.45) is 0 Å². The number of aromatic nitrogens is 3. The van der Waals surface area contributed by atoms with Crippen LogP contribution in [-0.4, -0.2) is 33.8 Å². The number of carbonyl (C=O) groups is 2. The minimum atomic E-state index is -0.551. The summed E-state index contributed by atoms with van der Waals surface area (Å²) >= 11 is 13.9. The van der Waals surface area contributed by atoms with Gasteiger partial charge in [0.1, 0.15) is 15.3 Å². The number of thiophene rings is 1. The van der Waals surface area contributed by atoms with Crippen molar-refractivity contribution in [1.82, 2.24) is 14.8 Å². The Bertz CT molecular complexity index is 1000. The first-order valence-corrected chi connectivity index (χ1v) is 9.74. The lowest BCUT2D eigenvalue weighted by Gasteiger charge is -2.08. The normalized spacial score (nSPS) is 10.6. The number of ether oxygens (including phenoxy) is 1. The monoisotopic (exact) mass is 518 g/mol. The summed E-state index contributed by atoms with van der Waals surface area (Å²) in [5.74, 6) is -0.723. The SMILES string of the molecule is COC(=O)c1cc(Br)sc1NC(=O)c1cc(Br)nn1-c1ncccc1Cl. The highest BCUT2D eigenvalue weighted by molar-refractivity contribution is 9.11. The molecule has 26 heavy (non-hydrogen) atoms. The molecule has 3 aromatic heterocycles. The standard InChI is InChI=1S/C15H9Br2ClN4O3S/c1-25-15(24)7-5-11(17)26-14(7)20-13(23)9-6-10(16)21-22(9)12-8(18)3-2-4-19-12/h2-6H,1H3,(H,20,23). The van der Waals surface area contributed by atoms with Gasteiger partial charge in [-0.1, -0.05) is 11.6 Å². The second-order valence-electron chi connectivity index (χ2n) is 4.81. The third-order valence-corrected chi connectivity index (χ3v) is 5.42. The average molecular weight is 521 g/mol. The molecule has 0 aliphatic rings. The zero-order valence-electron chi connectivity index (χ0n) is 13.0. The summed E-state index contributed by atoms with van der Waals surface area (Å²) in [4.78, 5) is 28.8. The maximum absolute atomic E-state index is 12.8. The fraction of sp³-hybridized carbons (Fsp3) is 0.0667. The second kappa shape index (κ2) is 7.87. The van der Waals surface area contributed by atoms with E-state index in [-0.39, 0.29) is 11.3 Å². The number of rotatable bonds is 4. The fourth-order valence-electron chi connectivity index (χ4n) is 2.09. The van der Waals surface area contributed by atoms with Gasteiger partial charge >= 0.3 is 5.97 Å². The molecule has 0 aliphatic carbocycles. The van der Waals surface area contributed by atoms with E-state index in [4.69, 9.17) is 16.3 Å². The molecule has 11 heteroatoms. The Balaban J connectivity index is 1.98. The van der Waals surface area contributed by atoms with E-state index in [1.54, 1.807) is 24.4 Å². The highest BCUT2D eigenvalue weighted by Gasteiger charge is 2.22. The first kappa shape index (κ1) is 19.0. The molecule has 3 rings (SSSR count). The molecule has 0 saturated carbocycles. The van der Waals surface area contributed by atoms with Gasteiger partial charge in [-0.25, -0.2) is 14.5 Å². The van der Waals surface area contributed by atoms with Crippen molar-refractivity contribution in [2.45, 2.75) is 0 Å². The molecule has 0 bridgehead atoms. The van der Waals surface area contributed by atoms with E-state index < -0.39 is 11.9 Å². The van der Waals surface area contributed by atoms with E-state index in [1.165, 1.54) is 29.2 Å². The molecule has 0 unspecified atom stereocenters. The number of anilines is 1. The average Bonchev–Trinajstić information content (AvgIpc) is 3.17. The van der Waals surface area contributed by atoms with E-state index in [9.17, 15) is 9.59 Å². The van der Waals surface area contributed by atoms with Crippen LogP contribution < -0.4 is 5.32 Å². The Labute approximate surface area is 173 Å². The summed E-state index contributed by atoms with van der Waals surface area (Å²) in [7, 11) is 1.27. The molecule has 134 valence electrons. The molecule has 0 aliphatic heterocycles. The maximum Gasteiger partial charge on any atom is 0.340 e. The van der Waals surface area contributed by atoms with Gasteiger partial charge in [0.15, 0.2) is 5.82 Å². The molecular formula is C15H9Br2ClN4O3S. The Kier molecular flexibility index (Phi) is 5.76. The highest BCUT2D eigenvalue weighted by atomic mass is 79.9. The van der Waals surface area contributed by atoms with Gasteiger partial charge in [0.2, 0.25) is 0 Å². The van der Waals surface area contributed by atoms with Gasteiger partial charge in [-0.3, -0.25) is 4.79 Å². The number of esters is 1. The molecule has 7 nitrogen and oxygen atoms in total. The summed E-state index contributed by atoms with van der Waals surface area (Å²) in [5.41, 5.74) is 0.441. The van der Waals surface area contributed by atoms with E-state index in [0.29, 0.717) is 24.2 Å². The van der Waals surface area contributed by atoms with Crippen LogP contribution in [0.5, 0.6) is 0 Å². The van der Waals surface area contributed by atoms with Crippen molar-refractivity contribution in [3.8, 4) is 5.82 Å². The molecule has 1 amide bonds. The zero-order chi connectivity index (χ0) is 18.8. The fourth-order valence-corrected chi connectivity index (χ4v) is 4.15. The minimum Gasteiger partial charge on any atom is -0.465 e. The van der Waals surface area contributed by atoms with Crippen molar-refractivity contribution in [2.75, 3.05) is 12.4 Å².